The van der Waals surface area contributed by atoms with Crippen molar-refractivity contribution in [3.05, 3.63) is 42.2 Å². The molecule has 1 saturated heterocycles. The number of benzene rings is 1. The third-order valence-corrected chi connectivity index (χ3v) is 4.30. The van der Waals surface area contributed by atoms with Crippen LogP contribution in [-0.2, 0) is 0 Å². The maximum absolute atomic E-state index is 12.4. The van der Waals surface area contributed by atoms with E-state index in [-0.39, 0.29) is 5.91 Å². The molecule has 1 aliphatic heterocycles. The zero-order chi connectivity index (χ0) is 17.5. The Morgan fingerprint density at radius 3 is 2.64 bits per heavy atom. The van der Waals surface area contributed by atoms with Gasteiger partial charge in [0.15, 0.2) is 0 Å². The summed E-state index contributed by atoms with van der Waals surface area (Å²) in [6, 6.07) is 9.61. The molecule has 0 unspecified atom stereocenters. The van der Waals surface area contributed by atoms with Crippen molar-refractivity contribution in [2.24, 2.45) is 0 Å². The fraction of sp³-hybridized carbons (Fsp3) is 0.421. The van der Waals surface area contributed by atoms with Crippen molar-refractivity contribution in [1.29, 1.82) is 0 Å². The number of carbonyl (C=O) groups is 1. The number of anilines is 3. The van der Waals surface area contributed by atoms with Crippen molar-refractivity contribution in [2.75, 3.05) is 35.2 Å². The van der Waals surface area contributed by atoms with E-state index in [1.165, 1.54) is 18.5 Å². The second-order valence-corrected chi connectivity index (χ2v) is 6.24. The molecule has 2 aromatic rings. The van der Waals surface area contributed by atoms with Gasteiger partial charge in [0, 0.05) is 37.2 Å². The van der Waals surface area contributed by atoms with Crippen LogP contribution in [0.25, 0.3) is 0 Å². The van der Waals surface area contributed by atoms with Gasteiger partial charge in [-0.25, -0.2) is 9.97 Å². The molecule has 2 N–H and O–H groups in total. The summed E-state index contributed by atoms with van der Waals surface area (Å²) in [6.07, 6.45) is 6.25. The molecule has 0 aliphatic carbocycles. The van der Waals surface area contributed by atoms with E-state index in [0.717, 1.165) is 38.2 Å². The number of hydrogen-bond donors (Lipinski definition) is 2. The van der Waals surface area contributed by atoms with E-state index in [2.05, 4.69) is 44.6 Å². The van der Waals surface area contributed by atoms with Crippen molar-refractivity contribution in [1.82, 2.24) is 9.97 Å². The standard InChI is InChI=1S/C19H25N5O/c1-2-3-11-20-19-21-12-10-17(23-19)18(25)22-15-6-8-16(9-7-15)24-13-4-5-14-24/h6-10,12H,2-5,11,13-14H2,1H3,(H,22,25)(H,20,21,23). The molecule has 25 heavy (non-hydrogen) atoms. The van der Waals surface area contributed by atoms with E-state index in [0.29, 0.717) is 11.6 Å². The van der Waals surface area contributed by atoms with Crippen LogP contribution in [0.4, 0.5) is 17.3 Å². The number of nitrogens with zero attached hydrogens (tertiary/aromatic N) is 3. The molecule has 132 valence electrons. The average Bonchev–Trinajstić information content (AvgIpc) is 3.17. The summed E-state index contributed by atoms with van der Waals surface area (Å²) >= 11 is 0. The highest BCUT2D eigenvalue weighted by Crippen LogP contribution is 2.22. The van der Waals surface area contributed by atoms with E-state index >= 15 is 0 Å². The maximum atomic E-state index is 12.4. The average molecular weight is 339 g/mol. The molecule has 0 saturated carbocycles. The molecule has 0 spiro atoms. The number of rotatable bonds is 7. The molecule has 1 aromatic carbocycles. The number of amides is 1. The predicted molar refractivity (Wildman–Crippen MR) is 101 cm³/mol. The zero-order valence-electron chi connectivity index (χ0n) is 14.7. The monoisotopic (exact) mass is 339 g/mol. The number of aromatic nitrogens is 2. The van der Waals surface area contributed by atoms with Crippen LogP contribution in [0.1, 0.15) is 43.1 Å². The maximum Gasteiger partial charge on any atom is 0.274 e. The number of carbonyl (C=O) groups excluding carboxylic acids is 1. The van der Waals surface area contributed by atoms with Crippen molar-refractivity contribution in [3.63, 3.8) is 0 Å². The molecule has 1 amide bonds. The summed E-state index contributed by atoms with van der Waals surface area (Å²) in [4.78, 5) is 23.2. The van der Waals surface area contributed by atoms with Crippen LogP contribution in [0.15, 0.2) is 36.5 Å². The Balaban J connectivity index is 1.60. The number of hydrogen-bond acceptors (Lipinski definition) is 5. The largest absolute Gasteiger partial charge is 0.372 e. The summed E-state index contributed by atoms with van der Waals surface area (Å²) < 4.78 is 0. The van der Waals surface area contributed by atoms with Crippen LogP contribution in [-0.4, -0.2) is 35.5 Å². The van der Waals surface area contributed by atoms with Crippen molar-refractivity contribution in [3.8, 4) is 0 Å². The van der Waals surface area contributed by atoms with Gasteiger partial charge in [-0.3, -0.25) is 4.79 Å². The minimum absolute atomic E-state index is 0.227. The van der Waals surface area contributed by atoms with Gasteiger partial charge in [-0.15, -0.1) is 0 Å². The van der Waals surface area contributed by atoms with E-state index < -0.39 is 0 Å². The van der Waals surface area contributed by atoms with E-state index in [9.17, 15) is 4.79 Å². The molecule has 1 aromatic heterocycles. The third kappa shape index (κ3) is 4.68. The smallest absolute Gasteiger partial charge is 0.274 e. The fourth-order valence-corrected chi connectivity index (χ4v) is 2.87. The molecule has 0 atom stereocenters. The van der Waals surface area contributed by atoms with E-state index in [4.69, 9.17) is 0 Å². The normalized spacial score (nSPS) is 13.7. The molecule has 2 heterocycles. The van der Waals surface area contributed by atoms with Crippen molar-refractivity contribution >= 4 is 23.2 Å². The summed E-state index contributed by atoms with van der Waals surface area (Å²) in [7, 11) is 0. The lowest BCUT2D eigenvalue weighted by Crippen LogP contribution is -2.18. The molecule has 6 nitrogen and oxygen atoms in total. The quantitative estimate of drug-likeness (QED) is 0.755. The fourth-order valence-electron chi connectivity index (χ4n) is 2.87. The Morgan fingerprint density at radius 2 is 1.92 bits per heavy atom. The lowest BCUT2D eigenvalue weighted by molar-refractivity contribution is 0.102. The Labute approximate surface area is 148 Å². The lowest BCUT2D eigenvalue weighted by Gasteiger charge is -2.17. The number of nitrogens with one attached hydrogen (secondary N) is 2. The Hall–Kier alpha value is -2.63. The highest BCUT2D eigenvalue weighted by atomic mass is 16.1. The van der Waals surface area contributed by atoms with Gasteiger partial charge in [0.05, 0.1) is 0 Å². The van der Waals surface area contributed by atoms with Gasteiger partial charge in [0.25, 0.3) is 5.91 Å². The predicted octanol–water partition coefficient (Wildman–Crippen LogP) is 3.54. The molecular formula is C19H25N5O. The lowest BCUT2D eigenvalue weighted by atomic mass is 10.2. The minimum atomic E-state index is -0.227. The minimum Gasteiger partial charge on any atom is -0.372 e. The second kappa shape index (κ2) is 8.46. The summed E-state index contributed by atoms with van der Waals surface area (Å²) in [5.41, 5.74) is 2.34. The molecular weight excluding hydrogens is 314 g/mol. The first-order chi connectivity index (χ1) is 12.3. The van der Waals surface area contributed by atoms with Gasteiger partial charge in [0.2, 0.25) is 5.95 Å². The van der Waals surface area contributed by atoms with Gasteiger partial charge < -0.3 is 15.5 Å². The molecule has 0 radical (unpaired) electrons. The van der Waals surface area contributed by atoms with E-state index in [1.54, 1.807) is 12.3 Å². The summed E-state index contributed by atoms with van der Waals surface area (Å²) in [5, 5.41) is 6.03. The van der Waals surface area contributed by atoms with Gasteiger partial charge in [0.1, 0.15) is 5.69 Å². The van der Waals surface area contributed by atoms with Gasteiger partial charge >= 0.3 is 0 Å². The molecule has 3 rings (SSSR count). The highest BCUT2D eigenvalue weighted by molar-refractivity contribution is 6.03. The van der Waals surface area contributed by atoms with Crippen LogP contribution in [0.3, 0.4) is 0 Å². The topological polar surface area (TPSA) is 70.2 Å². The molecule has 0 bridgehead atoms. The van der Waals surface area contributed by atoms with Crippen LogP contribution in [0, 0.1) is 0 Å². The number of unbranched alkanes of at least 4 members (excludes halogenated alkanes) is 1. The van der Waals surface area contributed by atoms with Gasteiger partial charge in [-0.1, -0.05) is 13.3 Å². The first kappa shape index (κ1) is 17.2. The Bertz CT molecular complexity index is 695. The van der Waals surface area contributed by atoms with Crippen LogP contribution >= 0.6 is 0 Å². The van der Waals surface area contributed by atoms with Crippen molar-refractivity contribution < 1.29 is 4.79 Å². The van der Waals surface area contributed by atoms with Gasteiger partial charge in [-0.05, 0) is 49.6 Å². The molecule has 6 heteroatoms. The van der Waals surface area contributed by atoms with Gasteiger partial charge in [-0.2, -0.15) is 0 Å². The third-order valence-electron chi connectivity index (χ3n) is 4.30. The van der Waals surface area contributed by atoms with Crippen LogP contribution in [0.2, 0.25) is 0 Å². The van der Waals surface area contributed by atoms with Crippen LogP contribution in [0.5, 0.6) is 0 Å². The molecule has 1 aliphatic rings. The SMILES string of the molecule is CCCCNc1nccc(C(=O)Nc2ccc(N3CCCC3)cc2)n1. The van der Waals surface area contributed by atoms with Crippen molar-refractivity contribution in [2.45, 2.75) is 32.6 Å². The van der Waals surface area contributed by atoms with Crippen LogP contribution < -0.4 is 15.5 Å². The summed E-state index contributed by atoms with van der Waals surface area (Å²) in [6.45, 7) is 5.15. The zero-order valence-corrected chi connectivity index (χ0v) is 14.7. The Morgan fingerprint density at radius 1 is 1.16 bits per heavy atom. The second-order valence-electron chi connectivity index (χ2n) is 6.24. The molecule has 1 fully saturated rings. The summed E-state index contributed by atoms with van der Waals surface area (Å²) in [5.74, 6) is 0.264. The first-order valence-electron chi connectivity index (χ1n) is 8.99. The van der Waals surface area contributed by atoms with E-state index in [1.807, 2.05) is 12.1 Å². The Kier molecular flexibility index (Phi) is 5.82. The highest BCUT2D eigenvalue weighted by Gasteiger charge is 2.13. The first-order valence-corrected chi connectivity index (χ1v) is 8.99.